The Morgan fingerprint density at radius 2 is 2.00 bits per heavy atom. The van der Waals surface area contributed by atoms with Gasteiger partial charge in [-0.25, -0.2) is 4.98 Å². The van der Waals surface area contributed by atoms with Gasteiger partial charge >= 0.3 is 0 Å². The van der Waals surface area contributed by atoms with Gasteiger partial charge in [0.05, 0.1) is 37.3 Å². The lowest BCUT2D eigenvalue weighted by molar-refractivity contribution is 0.0954. The molecular weight excluding hydrogens is 382 g/mol. The van der Waals surface area contributed by atoms with Gasteiger partial charge in [0.2, 0.25) is 0 Å². The van der Waals surface area contributed by atoms with Crippen molar-refractivity contribution >= 4 is 11.8 Å². The minimum Gasteiger partial charge on any atom is -0.496 e. The highest BCUT2D eigenvalue weighted by atomic mass is 32.2. The van der Waals surface area contributed by atoms with Gasteiger partial charge < -0.3 is 14.0 Å². The molecule has 1 aromatic carbocycles. The third-order valence-corrected chi connectivity index (χ3v) is 6.39. The van der Waals surface area contributed by atoms with Crippen LogP contribution < -0.4 is 4.74 Å². The Morgan fingerprint density at radius 1 is 1.17 bits per heavy atom. The summed E-state index contributed by atoms with van der Waals surface area (Å²) in [4.78, 5) is 9.39. The predicted molar refractivity (Wildman–Crippen MR) is 116 cm³/mol. The van der Waals surface area contributed by atoms with Gasteiger partial charge in [0, 0.05) is 29.7 Å². The van der Waals surface area contributed by atoms with Crippen LogP contribution in [-0.2, 0) is 17.0 Å². The summed E-state index contributed by atoms with van der Waals surface area (Å²) in [5.41, 5.74) is 5.50. The molecule has 1 aliphatic rings. The highest BCUT2D eigenvalue weighted by molar-refractivity contribution is 7.98. The van der Waals surface area contributed by atoms with Crippen molar-refractivity contribution in [3.8, 4) is 17.0 Å². The van der Waals surface area contributed by atoms with Crippen LogP contribution in [0.3, 0.4) is 0 Å². The Labute approximate surface area is 176 Å². The summed E-state index contributed by atoms with van der Waals surface area (Å²) in [5, 5.41) is 1.00. The largest absolute Gasteiger partial charge is 0.496 e. The number of thioether (sulfide) groups is 1. The topological polar surface area (TPSA) is 49.2 Å². The maximum absolute atomic E-state index is 5.91. The maximum atomic E-state index is 5.91. The zero-order chi connectivity index (χ0) is 20.2. The summed E-state index contributed by atoms with van der Waals surface area (Å²) in [6, 6.07) is 10.4. The second-order valence-corrected chi connectivity index (χ2v) is 8.31. The fraction of sp³-hybridized carbons (Fsp3) is 0.391. The molecule has 0 aliphatic carbocycles. The Hall–Kier alpha value is -2.31. The van der Waals surface area contributed by atoms with Crippen LogP contribution in [0.1, 0.15) is 29.7 Å². The normalized spacial score (nSPS) is 16.3. The zero-order valence-corrected chi connectivity index (χ0v) is 18.0. The van der Waals surface area contributed by atoms with Crippen LogP contribution in [0.25, 0.3) is 11.3 Å². The van der Waals surface area contributed by atoms with Crippen molar-refractivity contribution in [2.45, 2.75) is 50.2 Å². The first-order valence-electron chi connectivity index (χ1n) is 10.0. The number of hydrogen-bond donors (Lipinski definition) is 0. The molecule has 0 radical (unpaired) electrons. The van der Waals surface area contributed by atoms with Gasteiger partial charge in [0.15, 0.2) is 5.16 Å². The number of aryl methyl sites for hydroxylation is 1. The fourth-order valence-electron chi connectivity index (χ4n) is 3.83. The first-order chi connectivity index (χ1) is 14.2. The molecule has 5 nitrogen and oxygen atoms in total. The summed E-state index contributed by atoms with van der Waals surface area (Å²) in [7, 11) is 1.71. The number of pyridine rings is 1. The van der Waals surface area contributed by atoms with Crippen molar-refractivity contribution in [3.05, 3.63) is 59.5 Å². The molecule has 4 rings (SSSR count). The third kappa shape index (κ3) is 4.33. The van der Waals surface area contributed by atoms with Crippen LogP contribution >= 0.6 is 11.8 Å². The van der Waals surface area contributed by atoms with Gasteiger partial charge in [0.1, 0.15) is 5.75 Å². The Morgan fingerprint density at radius 3 is 2.72 bits per heavy atom. The van der Waals surface area contributed by atoms with E-state index in [1.54, 1.807) is 18.9 Å². The lowest BCUT2D eigenvalue weighted by Gasteiger charge is -2.16. The van der Waals surface area contributed by atoms with E-state index in [0.717, 1.165) is 65.2 Å². The number of benzene rings is 1. The van der Waals surface area contributed by atoms with Crippen LogP contribution in [0.15, 0.2) is 47.9 Å². The second kappa shape index (κ2) is 9.01. The number of methoxy groups -OCH3 is 1. The number of hydrogen-bond acceptors (Lipinski definition) is 5. The molecule has 0 bridgehead atoms. The predicted octanol–water partition coefficient (Wildman–Crippen LogP) is 5.04. The highest BCUT2D eigenvalue weighted by Crippen LogP contribution is 2.32. The molecule has 0 saturated carbocycles. The van der Waals surface area contributed by atoms with Crippen molar-refractivity contribution in [1.29, 1.82) is 0 Å². The highest BCUT2D eigenvalue weighted by Gasteiger charge is 2.21. The number of aromatic nitrogens is 3. The van der Waals surface area contributed by atoms with Gasteiger partial charge in [-0.05, 0) is 32.3 Å². The molecule has 152 valence electrons. The molecule has 0 N–H and O–H groups in total. The van der Waals surface area contributed by atoms with E-state index in [2.05, 4.69) is 40.7 Å². The summed E-state index contributed by atoms with van der Waals surface area (Å²) in [6.45, 7) is 5.78. The van der Waals surface area contributed by atoms with Gasteiger partial charge in [-0.3, -0.25) is 4.98 Å². The van der Waals surface area contributed by atoms with Crippen LogP contribution in [0.2, 0.25) is 0 Å². The average molecular weight is 410 g/mol. The SMILES string of the molecule is COc1c(C)cnc(CSc2ncc(-c3ccccc3)n2CC2CCCO2)c1C. The smallest absolute Gasteiger partial charge is 0.168 e. The van der Waals surface area contributed by atoms with E-state index in [0.29, 0.717) is 0 Å². The number of imidazole rings is 1. The molecule has 2 aromatic heterocycles. The number of rotatable bonds is 7. The van der Waals surface area contributed by atoms with E-state index < -0.39 is 0 Å². The van der Waals surface area contributed by atoms with E-state index in [1.165, 1.54) is 5.56 Å². The zero-order valence-electron chi connectivity index (χ0n) is 17.2. The fourth-order valence-corrected chi connectivity index (χ4v) is 4.84. The molecule has 1 atom stereocenters. The van der Waals surface area contributed by atoms with Crippen molar-refractivity contribution in [2.24, 2.45) is 0 Å². The van der Waals surface area contributed by atoms with Gasteiger partial charge in [-0.1, -0.05) is 42.1 Å². The van der Waals surface area contributed by atoms with E-state index in [9.17, 15) is 0 Å². The Kier molecular flexibility index (Phi) is 6.21. The summed E-state index contributed by atoms with van der Waals surface area (Å²) in [5.74, 6) is 1.67. The van der Waals surface area contributed by atoms with Crippen molar-refractivity contribution in [2.75, 3.05) is 13.7 Å². The van der Waals surface area contributed by atoms with Gasteiger partial charge in [0.25, 0.3) is 0 Å². The molecule has 0 spiro atoms. The second-order valence-electron chi connectivity index (χ2n) is 7.37. The average Bonchev–Trinajstić information content (AvgIpc) is 3.39. The molecular formula is C23H27N3O2S. The molecule has 0 amide bonds. The molecule has 29 heavy (non-hydrogen) atoms. The molecule has 1 saturated heterocycles. The van der Waals surface area contributed by atoms with Crippen LogP contribution in [0.5, 0.6) is 5.75 Å². The molecule has 1 aliphatic heterocycles. The summed E-state index contributed by atoms with van der Waals surface area (Å²) in [6.07, 6.45) is 6.35. The van der Waals surface area contributed by atoms with E-state index >= 15 is 0 Å². The van der Waals surface area contributed by atoms with E-state index in [4.69, 9.17) is 14.5 Å². The molecule has 3 heterocycles. The molecule has 1 fully saturated rings. The standard InChI is InChI=1S/C23H27N3O2S/c1-16-12-24-20(17(2)22(16)27-3)15-29-23-25-13-21(18-8-5-4-6-9-18)26(23)14-19-10-7-11-28-19/h4-6,8-9,12-13,19H,7,10-11,14-15H2,1-3H3. The van der Waals surface area contributed by atoms with Crippen LogP contribution in [0, 0.1) is 13.8 Å². The summed E-state index contributed by atoms with van der Waals surface area (Å²) >= 11 is 1.72. The Balaban J connectivity index is 1.61. The third-order valence-electron chi connectivity index (χ3n) is 5.39. The number of ether oxygens (including phenoxy) is 2. The van der Waals surface area contributed by atoms with Gasteiger partial charge in [-0.2, -0.15) is 0 Å². The van der Waals surface area contributed by atoms with Crippen LogP contribution in [-0.4, -0.2) is 34.4 Å². The van der Waals surface area contributed by atoms with Crippen molar-refractivity contribution < 1.29 is 9.47 Å². The minimum absolute atomic E-state index is 0.255. The maximum Gasteiger partial charge on any atom is 0.168 e. The monoisotopic (exact) mass is 409 g/mol. The number of nitrogens with zero attached hydrogens (tertiary/aromatic N) is 3. The first kappa shape index (κ1) is 20.0. The lowest BCUT2D eigenvalue weighted by atomic mass is 10.1. The quantitative estimate of drug-likeness (QED) is 0.512. The minimum atomic E-state index is 0.255. The van der Waals surface area contributed by atoms with Crippen molar-refractivity contribution in [1.82, 2.24) is 14.5 Å². The van der Waals surface area contributed by atoms with Gasteiger partial charge in [-0.15, -0.1) is 0 Å². The first-order valence-corrected chi connectivity index (χ1v) is 11.0. The molecule has 1 unspecified atom stereocenters. The molecule has 3 aromatic rings. The molecule has 6 heteroatoms. The van der Waals surface area contributed by atoms with Crippen molar-refractivity contribution in [3.63, 3.8) is 0 Å². The summed E-state index contributed by atoms with van der Waals surface area (Å²) < 4.78 is 13.8. The van der Waals surface area contributed by atoms with E-state index in [-0.39, 0.29) is 6.10 Å². The van der Waals surface area contributed by atoms with Crippen LogP contribution in [0.4, 0.5) is 0 Å². The van der Waals surface area contributed by atoms with E-state index in [1.807, 2.05) is 25.4 Å². The lowest BCUT2D eigenvalue weighted by Crippen LogP contribution is -2.16. The Bertz CT molecular complexity index is 966.